The Bertz CT molecular complexity index is 389. The van der Waals surface area contributed by atoms with Crippen molar-refractivity contribution in [3.05, 3.63) is 29.6 Å². The molecule has 3 nitrogen and oxygen atoms in total. The number of benzene rings is 1. The molecular weight excluding hydrogens is 233 g/mol. The quantitative estimate of drug-likeness (QED) is 0.897. The molecule has 0 amide bonds. The third kappa shape index (κ3) is 3.21. The molecule has 1 saturated heterocycles. The van der Waals surface area contributed by atoms with Crippen molar-refractivity contribution in [3.63, 3.8) is 0 Å². The van der Waals surface area contributed by atoms with Gasteiger partial charge in [-0.3, -0.25) is 0 Å². The van der Waals surface area contributed by atoms with Gasteiger partial charge in [-0.15, -0.1) is 0 Å². The maximum Gasteiger partial charge on any atom is 0.165 e. The summed E-state index contributed by atoms with van der Waals surface area (Å²) in [6.07, 6.45) is 1.95. The summed E-state index contributed by atoms with van der Waals surface area (Å²) in [7, 11) is 0. The smallest absolute Gasteiger partial charge is 0.165 e. The van der Waals surface area contributed by atoms with E-state index in [4.69, 9.17) is 15.2 Å². The normalized spacial score (nSPS) is 18.6. The number of hydrogen-bond acceptors (Lipinski definition) is 3. The SMILES string of the molecule is C[C@H](N)c1cccc(F)c1OCC1CCOCC1. The van der Waals surface area contributed by atoms with E-state index in [2.05, 4.69) is 0 Å². The van der Waals surface area contributed by atoms with Crippen LogP contribution in [0.5, 0.6) is 5.75 Å². The van der Waals surface area contributed by atoms with E-state index in [1.54, 1.807) is 6.07 Å². The third-order valence-corrected chi connectivity index (χ3v) is 3.29. The second kappa shape index (κ2) is 6.16. The summed E-state index contributed by atoms with van der Waals surface area (Å²) in [5, 5.41) is 0. The van der Waals surface area contributed by atoms with Gasteiger partial charge in [0, 0.05) is 24.8 Å². The average molecular weight is 253 g/mol. The minimum absolute atomic E-state index is 0.231. The molecule has 100 valence electrons. The highest BCUT2D eigenvalue weighted by atomic mass is 19.1. The third-order valence-electron chi connectivity index (χ3n) is 3.29. The van der Waals surface area contributed by atoms with Crippen LogP contribution < -0.4 is 10.5 Å². The van der Waals surface area contributed by atoms with Crippen molar-refractivity contribution in [2.75, 3.05) is 19.8 Å². The molecule has 4 heteroatoms. The first-order valence-corrected chi connectivity index (χ1v) is 6.43. The molecule has 1 atom stereocenters. The van der Waals surface area contributed by atoms with Crippen LogP contribution in [0.4, 0.5) is 4.39 Å². The lowest BCUT2D eigenvalue weighted by Crippen LogP contribution is -2.22. The molecule has 1 aliphatic heterocycles. The van der Waals surface area contributed by atoms with Crippen molar-refractivity contribution in [2.45, 2.75) is 25.8 Å². The van der Waals surface area contributed by atoms with Crippen molar-refractivity contribution in [1.82, 2.24) is 0 Å². The summed E-state index contributed by atoms with van der Waals surface area (Å²) >= 11 is 0. The van der Waals surface area contributed by atoms with Gasteiger partial charge in [0.05, 0.1) is 6.61 Å². The Morgan fingerprint density at radius 3 is 2.83 bits per heavy atom. The maximum absolute atomic E-state index is 13.8. The van der Waals surface area contributed by atoms with Crippen LogP contribution in [0, 0.1) is 11.7 Å². The van der Waals surface area contributed by atoms with E-state index in [1.807, 2.05) is 13.0 Å². The Hall–Kier alpha value is -1.13. The Balaban J connectivity index is 2.03. The standard InChI is InChI=1S/C14H20FNO2/c1-10(16)12-3-2-4-13(15)14(12)18-9-11-5-7-17-8-6-11/h2-4,10-11H,5-9,16H2,1H3/t10-/m0/s1. The van der Waals surface area contributed by atoms with E-state index >= 15 is 0 Å². The van der Waals surface area contributed by atoms with Crippen LogP contribution in [0.15, 0.2) is 18.2 Å². The lowest BCUT2D eigenvalue weighted by atomic mass is 10.0. The summed E-state index contributed by atoms with van der Waals surface area (Å²) in [4.78, 5) is 0. The van der Waals surface area contributed by atoms with Gasteiger partial charge in [-0.05, 0) is 31.7 Å². The van der Waals surface area contributed by atoms with Gasteiger partial charge >= 0.3 is 0 Å². The first kappa shape index (κ1) is 13.3. The molecule has 1 heterocycles. The van der Waals surface area contributed by atoms with E-state index in [-0.39, 0.29) is 11.9 Å². The predicted molar refractivity (Wildman–Crippen MR) is 68.0 cm³/mol. The summed E-state index contributed by atoms with van der Waals surface area (Å²) in [5.41, 5.74) is 6.55. The molecule has 1 aromatic rings. The van der Waals surface area contributed by atoms with Crippen LogP contribution in [0.1, 0.15) is 31.4 Å². The minimum Gasteiger partial charge on any atom is -0.490 e. The Kier molecular flexibility index (Phi) is 4.55. The fourth-order valence-electron chi connectivity index (χ4n) is 2.15. The minimum atomic E-state index is -0.336. The molecule has 18 heavy (non-hydrogen) atoms. The maximum atomic E-state index is 13.8. The molecule has 0 aromatic heterocycles. The van der Waals surface area contributed by atoms with Crippen molar-refractivity contribution >= 4 is 0 Å². The van der Waals surface area contributed by atoms with Gasteiger partial charge in [-0.1, -0.05) is 12.1 Å². The lowest BCUT2D eigenvalue weighted by Gasteiger charge is -2.23. The highest BCUT2D eigenvalue weighted by Crippen LogP contribution is 2.28. The van der Waals surface area contributed by atoms with E-state index < -0.39 is 0 Å². The second-order valence-corrected chi connectivity index (χ2v) is 4.81. The van der Waals surface area contributed by atoms with Crippen LogP contribution in [0.2, 0.25) is 0 Å². The number of rotatable bonds is 4. The molecule has 2 N–H and O–H groups in total. The van der Waals surface area contributed by atoms with Crippen molar-refractivity contribution in [3.8, 4) is 5.75 Å². The summed E-state index contributed by atoms with van der Waals surface area (Å²) in [5.74, 6) is 0.412. The zero-order chi connectivity index (χ0) is 13.0. The van der Waals surface area contributed by atoms with Crippen molar-refractivity contribution < 1.29 is 13.9 Å². The first-order chi connectivity index (χ1) is 8.68. The van der Waals surface area contributed by atoms with Crippen LogP contribution in [0.25, 0.3) is 0 Å². The highest BCUT2D eigenvalue weighted by Gasteiger charge is 2.18. The van der Waals surface area contributed by atoms with Gasteiger partial charge < -0.3 is 15.2 Å². The molecule has 0 unspecified atom stereocenters. The summed E-state index contributed by atoms with van der Waals surface area (Å²) < 4.78 is 24.7. The van der Waals surface area contributed by atoms with E-state index in [9.17, 15) is 4.39 Å². The zero-order valence-electron chi connectivity index (χ0n) is 10.7. The molecule has 0 radical (unpaired) electrons. The van der Waals surface area contributed by atoms with Crippen LogP contribution in [-0.2, 0) is 4.74 Å². The molecule has 1 aromatic carbocycles. The topological polar surface area (TPSA) is 44.5 Å². The molecule has 1 aliphatic rings. The van der Waals surface area contributed by atoms with Gasteiger partial charge in [0.2, 0.25) is 0 Å². The van der Waals surface area contributed by atoms with E-state index in [0.29, 0.717) is 18.3 Å². The number of hydrogen-bond donors (Lipinski definition) is 1. The largest absolute Gasteiger partial charge is 0.490 e. The zero-order valence-corrected chi connectivity index (χ0v) is 10.7. The van der Waals surface area contributed by atoms with Crippen LogP contribution >= 0.6 is 0 Å². The Morgan fingerprint density at radius 1 is 1.44 bits per heavy atom. The number of nitrogens with two attached hydrogens (primary N) is 1. The average Bonchev–Trinajstić information content (AvgIpc) is 2.38. The van der Waals surface area contributed by atoms with Gasteiger partial charge in [0.15, 0.2) is 11.6 Å². The molecule has 2 rings (SSSR count). The van der Waals surface area contributed by atoms with Gasteiger partial charge in [0.25, 0.3) is 0 Å². The van der Waals surface area contributed by atoms with Crippen molar-refractivity contribution in [1.29, 1.82) is 0 Å². The summed E-state index contributed by atoms with van der Waals surface area (Å²) in [6.45, 7) is 3.90. The van der Waals surface area contributed by atoms with Crippen LogP contribution in [-0.4, -0.2) is 19.8 Å². The highest BCUT2D eigenvalue weighted by molar-refractivity contribution is 5.36. The molecule has 0 spiro atoms. The second-order valence-electron chi connectivity index (χ2n) is 4.81. The van der Waals surface area contributed by atoms with Gasteiger partial charge in [0.1, 0.15) is 0 Å². The molecule has 0 saturated carbocycles. The summed E-state index contributed by atoms with van der Waals surface area (Å²) in [6, 6.07) is 4.65. The molecular formula is C14H20FNO2. The number of para-hydroxylation sites is 1. The Labute approximate surface area is 107 Å². The molecule has 0 aliphatic carbocycles. The van der Waals surface area contributed by atoms with E-state index in [0.717, 1.165) is 31.6 Å². The fraction of sp³-hybridized carbons (Fsp3) is 0.571. The van der Waals surface area contributed by atoms with Gasteiger partial charge in [-0.25, -0.2) is 4.39 Å². The Morgan fingerprint density at radius 2 is 2.17 bits per heavy atom. The van der Waals surface area contributed by atoms with Crippen molar-refractivity contribution in [2.24, 2.45) is 11.7 Å². The van der Waals surface area contributed by atoms with Gasteiger partial charge in [-0.2, -0.15) is 0 Å². The fourth-order valence-corrected chi connectivity index (χ4v) is 2.15. The monoisotopic (exact) mass is 253 g/mol. The predicted octanol–water partition coefficient (Wildman–Crippen LogP) is 2.65. The van der Waals surface area contributed by atoms with Crippen LogP contribution in [0.3, 0.4) is 0 Å². The van der Waals surface area contributed by atoms with E-state index in [1.165, 1.54) is 6.07 Å². The molecule has 0 bridgehead atoms. The molecule has 1 fully saturated rings. The first-order valence-electron chi connectivity index (χ1n) is 6.43. The number of ether oxygens (including phenoxy) is 2. The lowest BCUT2D eigenvalue weighted by molar-refractivity contribution is 0.0489. The number of halogens is 1.